The maximum absolute atomic E-state index is 13.9. The van der Waals surface area contributed by atoms with Crippen molar-refractivity contribution in [2.75, 3.05) is 51.8 Å². The number of ether oxygens (including phenoxy) is 2. The number of benzene rings is 2. The molecule has 2 heterocycles. The van der Waals surface area contributed by atoms with E-state index < -0.39 is 10.0 Å². The number of carbonyl (C=O) groups is 1. The summed E-state index contributed by atoms with van der Waals surface area (Å²) in [5.41, 5.74) is 2.06. The molecule has 2 aromatic rings. The Labute approximate surface area is 202 Å². The lowest BCUT2D eigenvalue weighted by atomic mass is 10.1. The first kappa shape index (κ1) is 24.3. The Kier molecular flexibility index (Phi) is 7.33. The van der Waals surface area contributed by atoms with Gasteiger partial charge < -0.3 is 19.3 Å². The van der Waals surface area contributed by atoms with E-state index in [0.717, 1.165) is 43.6 Å². The molecule has 0 bridgehead atoms. The number of piperidine rings is 1. The number of fused-ring (bicyclic) bond motifs is 1. The monoisotopic (exact) mass is 487 g/mol. The second-order valence-electron chi connectivity index (χ2n) is 8.77. The minimum atomic E-state index is -3.68. The summed E-state index contributed by atoms with van der Waals surface area (Å²) in [5, 5.41) is 0. The van der Waals surface area contributed by atoms with Crippen LogP contribution in [0.25, 0.3) is 0 Å². The molecule has 0 unspecified atom stereocenters. The highest BCUT2D eigenvalue weighted by atomic mass is 32.2. The molecule has 1 saturated heterocycles. The zero-order valence-electron chi connectivity index (χ0n) is 20.1. The van der Waals surface area contributed by atoms with E-state index in [1.165, 1.54) is 24.5 Å². The van der Waals surface area contributed by atoms with Crippen LogP contribution in [0.3, 0.4) is 0 Å². The number of rotatable bonds is 7. The van der Waals surface area contributed by atoms with Crippen LogP contribution in [0.2, 0.25) is 0 Å². The molecule has 0 atom stereocenters. The van der Waals surface area contributed by atoms with Crippen molar-refractivity contribution in [3.8, 4) is 11.5 Å². The van der Waals surface area contributed by atoms with Crippen molar-refractivity contribution in [2.45, 2.75) is 37.6 Å². The van der Waals surface area contributed by atoms with Crippen LogP contribution in [0.4, 0.5) is 5.69 Å². The fourth-order valence-electron chi connectivity index (χ4n) is 4.43. The Morgan fingerprint density at radius 2 is 1.76 bits per heavy atom. The molecule has 184 valence electrons. The summed E-state index contributed by atoms with van der Waals surface area (Å²) in [5.74, 6) is 1.15. The van der Waals surface area contributed by atoms with Gasteiger partial charge in [0.15, 0.2) is 11.5 Å². The van der Waals surface area contributed by atoms with Crippen LogP contribution in [-0.2, 0) is 16.6 Å². The smallest absolute Gasteiger partial charge is 0.256 e. The van der Waals surface area contributed by atoms with Crippen molar-refractivity contribution in [3.05, 3.63) is 47.5 Å². The third-order valence-electron chi connectivity index (χ3n) is 6.35. The summed E-state index contributed by atoms with van der Waals surface area (Å²) in [7, 11) is -0.687. The molecule has 34 heavy (non-hydrogen) atoms. The van der Waals surface area contributed by atoms with Crippen LogP contribution < -0.4 is 14.4 Å². The highest BCUT2D eigenvalue weighted by Crippen LogP contribution is 2.35. The molecule has 0 aliphatic carbocycles. The van der Waals surface area contributed by atoms with Gasteiger partial charge in [-0.15, -0.1) is 0 Å². The van der Waals surface area contributed by atoms with Crippen LogP contribution in [0.1, 0.15) is 42.1 Å². The lowest BCUT2D eigenvalue weighted by molar-refractivity contribution is 0.0749. The lowest BCUT2D eigenvalue weighted by Gasteiger charge is -2.32. The van der Waals surface area contributed by atoms with E-state index in [2.05, 4.69) is 4.90 Å². The molecular formula is C25H33N3O5S. The Hall–Kier alpha value is -2.78. The van der Waals surface area contributed by atoms with E-state index in [9.17, 15) is 13.2 Å². The molecule has 2 aliphatic heterocycles. The quantitative estimate of drug-likeness (QED) is 0.596. The second kappa shape index (κ2) is 10.2. The van der Waals surface area contributed by atoms with E-state index in [4.69, 9.17) is 9.47 Å². The average molecular weight is 488 g/mol. The number of sulfonamides is 1. The van der Waals surface area contributed by atoms with Crippen LogP contribution in [0.15, 0.2) is 41.3 Å². The normalized spacial score (nSPS) is 15.9. The van der Waals surface area contributed by atoms with Gasteiger partial charge in [-0.2, -0.15) is 0 Å². The molecule has 0 saturated carbocycles. The van der Waals surface area contributed by atoms with Crippen molar-refractivity contribution in [1.29, 1.82) is 0 Å². The van der Waals surface area contributed by atoms with E-state index in [1.807, 2.05) is 25.1 Å². The van der Waals surface area contributed by atoms with Gasteiger partial charge in [0, 0.05) is 51.5 Å². The topological polar surface area (TPSA) is 79.4 Å². The van der Waals surface area contributed by atoms with Gasteiger partial charge in [-0.05, 0) is 50.5 Å². The summed E-state index contributed by atoms with van der Waals surface area (Å²) in [6.07, 6.45) is 3.27. The number of hydrogen-bond acceptors (Lipinski definition) is 6. The van der Waals surface area contributed by atoms with Crippen molar-refractivity contribution < 1.29 is 22.7 Å². The van der Waals surface area contributed by atoms with Crippen LogP contribution >= 0.6 is 0 Å². The van der Waals surface area contributed by atoms with E-state index >= 15 is 0 Å². The van der Waals surface area contributed by atoms with Crippen LogP contribution in [-0.4, -0.2) is 70.5 Å². The summed E-state index contributed by atoms with van der Waals surface area (Å²) in [6, 6.07) is 10.6. The average Bonchev–Trinajstić information content (AvgIpc) is 2.87. The largest absolute Gasteiger partial charge is 0.486 e. The molecule has 2 aromatic carbocycles. The van der Waals surface area contributed by atoms with Gasteiger partial charge in [0.05, 0.1) is 10.5 Å². The molecular weight excluding hydrogens is 454 g/mol. The van der Waals surface area contributed by atoms with Gasteiger partial charge in [-0.25, -0.2) is 12.7 Å². The number of amides is 1. The SMILES string of the molecule is CCN(Cc1cccc2c1OCCO2)C(=O)c1cc(S(=O)(=O)N(C)C)ccc1N1CCCCC1. The number of carbonyl (C=O) groups excluding carboxylic acids is 1. The van der Waals surface area contributed by atoms with E-state index in [1.54, 1.807) is 17.0 Å². The van der Waals surface area contributed by atoms with E-state index in [-0.39, 0.29) is 10.8 Å². The standard InChI is InChI=1S/C25H33N3O5S/c1-4-27(18-19-9-8-10-23-24(19)33-16-15-32-23)25(29)21-17-20(34(30,31)26(2)3)11-12-22(21)28-13-6-5-7-14-28/h8-12,17H,4-7,13-16,18H2,1-3H3. The minimum absolute atomic E-state index is 0.117. The van der Waals surface area contributed by atoms with Crippen molar-refractivity contribution in [3.63, 3.8) is 0 Å². The van der Waals surface area contributed by atoms with Crippen molar-refractivity contribution >= 4 is 21.6 Å². The maximum atomic E-state index is 13.9. The van der Waals surface area contributed by atoms with Gasteiger partial charge in [-0.3, -0.25) is 4.79 Å². The predicted molar refractivity (Wildman–Crippen MR) is 131 cm³/mol. The summed E-state index contributed by atoms with van der Waals surface area (Å²) in [4.78, 5) is 17.9. The molecule has 1 fully saturated rings. The Bertz CT molecular complexity index is 1140. The van der Waals surface area contributed by atoms with Gasteiger partial charge in [0.2, 0.25) is 10.0 Å². The van der Waals surface area contributed by atoms with Crippen LogP contribution in [0.5, 0.6) is 11.5 Å². The van der Waals surface area contributed by atoms with Gasteiger partial charge in [0.25, 0.3) is 5.91 Å². The minimum Gasteiger partial charge on any atom is -0.486 e. The van der Waals surface area contributed by atoms with Crippen molar-refractivity contribution in [1.82, 2.24) is 9.21 Å². The Morgan fingerprint density at radius 3 is 2.47 bits per heavy atom. The first-order valence-electron chi connectivity index (χ1n) is 11.8. The first-order valence-corrected chi connectivity index (χ1v) is 13.2. The third kappa shape index (κ3) is 4.86. The molecule has 4 rings (SSSR count). The summed E-state index contributed by atoms with van der Waals surface area (Å²) >= 11 is 0. The van der Waals surface area contributed by atoms with E-state index in [0.29, 0.717) is 43.4 Å². The molecule has 2 aliphatic rings. The molecule has 9 heteroatoms. The lowest BCUT2D eigenvalue weighted by Crippen LogP contribution is -2.35. The Balaban J connectivity index is 1.72. The predicted octanol–water partition coefficient (Wildman–Crippen LogP) is 3.36. The maximum Gasteiger partial charge on any atom is 0.256 e. The zero-order chi connectivity index (χ0) is 24.3. The molecule has 8 nitrogen and oxygen atoms in total. The fraction of sp³-hybridized carbons (Fsp3) is 0.480. The van der Waals surface area contributed by atoms with Crippen molar-refractivity contribution in [2.24, 2.45) is 0 Å². The highest BCUT2D eigenvalue weighted by molar-refractivity contribution is 7.89. The number of hydrogen-bond donors (Lipinski definition) is 0. The number of nitrogens with zero attached hydrogens (tertiary/aromatic N) is 3. The molecule has 0 N–H and O–H groups in total. The highest BCUT2D eigenvalue weighted by Gasteiger charge is 2.27. The number of anilines is 1. The van der Waals surface area contributed by atoms with Gasteiger partial charge in [-0.1, -0.05) is 12.1 Å². The van der Waals surface area contributed by atoms with Gasteiger partial charge in [0.1, 0.15) is 13.2 Å². The molecule has 0 radical (unpaired) electrons. The first-order chi connectivity index (χ1) is 16.3. The zero-order valence-corrected chi connectivity index (χ0v) is 20.9. The van der Waals surface area contributed by atoms with Crippen LogP contribution in [0, 0.1) is 0 Å². The fourth-order valence-corrected chi connectivity index (χ4v) is 5.36. The second-order valence-corrected chi connectivity index (χ2v) is 10.9. The summed E-state index contributed by atoms with van der Waals surface area (Å²) < 4.78 is 38.4. The Morgan fingerprint density at radius 1 is 1.03 bits per heavy atom. The number of para-hydroxylation sites is 1. The molecule has 0 spiro atoms. The third-order valence-corrected chi connectivity index (χ3v) is 8.16. The molecule has 1 amide bonds. The molecule has 0 aromatic heterocycles. The summed E-state index contributed by atoms with van der Waals surface area (Å²) in [6.45, 7) is 5.39. The van der Waals surface area contributed by atoms with Gasteiger partial charge >= 0.3 is 0 Å².